The number of nitrogens with zero attached hydrogens (tertiary/aromatic N) is 2. The first-order valence-electron chi connectivity index (χ1n) is 5.48. The molecule has 2 rings (SSSR count). The van der Waals surface area contributed by atoms with Gasteiger partial charge in [-0.3, -0.25) is 0 Å². The summed E-state index contributed by atoms with van der Waals surface area (Å²) in [6.07, 6.45) is -4.49. The highest BCUT2D eigenvalue weighted by molar-refractivity contribution is 9.10. The van der Waals surface area contributed by atoms with Gasteiger partial charge in [-0.25, -0.2) is 4.68 Å². The van der Waals surface area contributed by atoms with Gasteiger partial charge >= 0.3 is 6.18 Å². The van der Waals surface area contributed by atoms with Crippen LogP contribution in [0.15, 0.2) is 34.8 Å². The normalized spacial score (nSPS) is 11.6. The van der Waals surface area contributed by atoms with Crippen molar-refractivity contribution in [3.05, 3.63) is 40.5 Å². The summed E-state index contributed by atoms with van der Waals surface area (Å²) >= 11 is 3.23. The second-order valence-corrected chi connectivity index (χ2v) is 4.60. The molecule has 0 saturated heterocycles. The molecule has 1 aromatic heterocycles. The fourth-order valence-electron chi connectivity index (χ4n) is 1.56. The molecule has 0 aliphatic rings. The summed E-state index contributed by atoms with van der Waals surface area (Å²) in [5, 5.41) is 3.83. The second-order valence-electron chi connectivity index (χ2n) is 3.69. The topological polar surface area (TPSA) is 27.1 Å². The molecule has 3 nitrogen and oxygen atoms in total. The van der Waals surface area contributed by atoms with Crippen molar-refractivity contribution in [2.45, 2.75) is 13.1 Å². The minimum absolute atomic E-state index is 0.0438. The molecule has 0 bridgehead atoms. The molecule has 0 atom stereocenters. The van der Waals surface area contributed by atoms with Crippen LogP contribution in [-0.4, -0.2) is 16.4 Å². The zero-order chi connectivity index (χ0) is 14.0. The van der Waals surface area contributed by atoms with Gasteiger partial charge in [0.15, 0.2) is 5.69 Å². The van der Waals surface area contributed by atoms with Crippen LogP contribution in [0.25, 0.3) is 5.69 Å². The molecule has 102 valence electrons. The summed E-state index contributed by atoms with van der Waals surface area (Å²) in [5.41, 5.74) is -0.542. The molecule has 0 radical (unpaired) electrons. The highest BCUT2D eigenvalue weighted by Crippen LogP contribution is 2.33. The zero-order valence-electron chi connectivity index (χ0n) is 9.91. The standard InChI is InChI=1S/C12H10BrF3N2O/c1-2-19-11-7-10(12(14,15)16)18(17-11)9-5-3-8(13)4-6-9/h3-7H,2H2,1H3. The molecule has 1 aromatic carbocycles. The largest absolute Gasteiger partial charge is 0.477 e. The molecule has 0 N–H and O–H groups in total. The summed E-state index contributed by atoms with van der Waals surface area (Å²) in [4.78, 5) is 0. The summed E-state index contributed by atoms with van der Waals surface area (Å²) in [6.45, 7) is 1.94. The molecule has 1 heterocycles. The fraction of sp³-hybridized carbons (Fsp3) is 0.250. The van der Waals surface area contributed by atoms with Gasteiger partial charge in [0.05, 0.1) is 12.3 Å². The van der Waals surface area contributed by atoms with Crippen molar-refractivity contribution in [2.24, 2.45) is 0 Å². The molecule has 7 heteroatoms. The van der Waals surface area contributed by atoms with Gasteiger partial charge in [0, 0.05) is 10.5 Å². The number of aromatic nitrogens is 2. The van der Waals surface area contributed by atoms with E-state index < -0.39 is 11.9 Å². The molecule has 2 aromatic rings. The monoisotopic (exact) mass is 334 g/mol. The lowest BCUT2D eigenvalue weighted by atomic mass is 10.3. The zero-order valence-corrected chi connectivity index (χ0v) is 11.5. The van der Waals surface area contributed by atoms with Gasteiger partial charge in [0.1, 0.15) is 0 Å². The van der Waals surface area contributed by atoms with E-state index in [4.69, 9.17) is 4.74 Å². The van der Waals surface area contributed by atoms with Crippen LogP contribution in [0.3, 0.4) is 0 Å². The SMILES string of the molecule is CCOc1cc(C(F)(F)F)n(-c2ccc(Br)cc2)n1. The van der Waals surface area contributed by atoms with E-state index in [0.29, 0.717) is 5.69 Å². The first-order valence-corrected chi connectivity index (χ1v) is 6.27. The van der Waals surface area contributed by atoms with Gasteiger partial charge in [0.2, 0.25) is 5.88 Å². The molecule has 0 fully saturated rings. The lowest BCUT2D eigenvalue weighted by molar-refractivity contribution is -0.142. The maximum absolute atomic E-state index is 12.9. The van der Waals surface area contributed by atoms with Crippen LogP contribution in [0.5, 0.6) is 5.88 Å². The quantitative estimate of drug-likeness (QED) is 0.846. The van der Waals surface area contributed by atoms with E-state index in [2.05, 4.69) is 21.0 Å². The fourth-order valence-corrected chi connectivity index (χ4v) is 1.82. The van der Waals surface area contributed by atoms with E-state index in [0.717, 1.165) is 15.2 Å². The van der Waals surface area contributed by atoms with Gasteiger partial charge in [-0.05, 0) is 31.2 Å². The van der Waals surface area contributed by atoms with E-state index in [1.54, 1.807) is 31.2 Å². The smallest absolute Gasteiger partial charge is 0.433 e. The number of rotatable bonds is 3. The number of hydrogen-bond donors (Lipinski definition) is 0. The van der Waals surface area contributed by atoms with E-state index in [-0.39, 0.29) is 12.5 Å². The summed E-state index contributed by atoms with van der Waals surface area (Å²) in [5.74, 6) is -0.0438. The third-order valence-corrected chi connectivity index (χ3v) is 2.87. The van der Waals surface area contributed by atoms with Gasteiger partial charge < -0.3 is 4.74 Å². The van der Waals surface area contributed by atoms with Crippen LogP contribution in [-0.2, 0) is 6.18 Å². The van der Waals surface area contributed by atoms with Gasteiger partial charge in [0.25, 0.3) is 0 Å². The number of benzene rings is 1. The maximum Gasteiger partial charge on any atom is 0.433 e. The molecule has 0 saturated carbocycles. The Kier molecular flexibility index (Phi) is 3.84. The molecule has 19 heavy (non-hydrogen) atoms. The van der Waals surface area contributed by atoms with Gasteiger partial charge in [-0.2, -0.15) is 13.2 Å². The van der Waals surface area contributed by atoms with Crippen LogP contribution in [0.4, 0.5) is 13.2 Å². The van der Waals surface area contributed by atoms with Crippen LogP contribution in [0, 0.1) is 0 Å². The lowest BCUT2D eigenvalue weighted by Crippen LogP contribution is -2.13. The Morgan fingerprint density at radius 2 is 1.89 bits per heavy atom. The average Bonchev–Trinajstić information content (AvgIpc) is 2.74. The first-order chi connectivity index (χ1) is 8.91. The number of halogens is 4. The van der Waals surface area contributed by atoms with Crippen molar-refractivity contribution < 1.29 is 17.9 Å². The minimum Gasteiger partial charge on any atom is -0.477 e. The maximum atomic E-state index is 12.9. The molecular weight excluding hydrogens is 325 g/mol. The Morgan fingerprint density at radius 1 is 1.26 bits per heavy atom. The van der Waals surface area contributed by atoms with E-state index in [1.807, 2.05) is 0 Å². The van der Waals surface area contributed by atoms with Crippen LogP contribution in [0.2, 0.25) is 0 Å². The van der Waals surface area contributed by atoms with Crippen LogP contribution in [0.1, 0.15) is 12.6 Å². The predicted octanol–water partition coefficient (Wildman–Crippen LogP) is 4.05. The molecular formula is C12H10BrF3N2O. The second kappa shape index (κ2) is 5.24. The minimum atomic E-state index is -4.49. The number of hydrogen-bond acceptors (Lipinski definition) is 2. The van der Waals surface area contributed by atoms with Crippen molar-refractivity contribution in [3.63, 3.8) is 0 Å². The summed E-state index contributed by atoms with van der Waals surface area (Å²) in [7, 11) is 0. The highest BCUT2D eigenvalue weighted by Gasteiger charge is 2.36. The Hall–Kier alpha value is -1.50. The van der Waals surface area contributed by atoms with Gasteiger partial charge in [-0.1, -0.05) is 15.9 Å². The average molecular weight is 335 g/mol. The number of ether oxygens (including phenoxy) is 1. The number of alkyl halides is 3. The van der Waals surface area contributed by atoms with E-state index in [9.17, 15) is 13.2 Å². The molecule has 0 aliphatic heterocycles. The van der Waals surface area contributed by atoms with Crippen molar-refractivity contribution >= 4 is 15.9 Å². The molecule has 0 spiro atoms. The van der Waals surface area contributed by atoms with Crippen molar-refractivity contribution in [1.29, 1.82) is 0 Å². The third kappa shape index (κ3) is 3.09. The Balaban J connectivity index is 2.51. The summed E-state index contributed by atoms with van der Waals surface area (Å²) < 4.78 is 45.5. The lowest BCUT2D eigenvalue weighted by Gasteiger charge is -2.09. The van der Waals surface area contributed by atoms with E-state index in [1.165, 1.54) is 0 Å². The molecule has 0 aliphatic carbocycles. The third-order valence-electron chi connectivity index (χ3n) is 2.34. The van der Waals surface area contributed by atoms with Crippen LogP contribution >= 0.6 is 15.9 Å². The predicted molar refractivity (Wildman–Crippen MR) is 67.4 cm³/mol. The highest BCUT2D eigenvalue weighted by atomic mass is 79.9. The Morgan fingerprint density at radius 3 is 2.42 bits per heavy atom. The van der Waals surface area contributed by atoms with Crippen molar-refractivity contribution in [2.75, 3.05) is 6.61 Å². The van der Waals surface area contributed by atoms with Crippen molar-refractivity contribution in [3.8, 4) is 11.6 Å². The van der Waals surface area contributed by atoms with Crippen LogP contribution < -0.4 is 4.74 Å². The first kappa shape index (κ1) is 13.9. The Bertz CT molecular complexity index is 563. The molecule has 0 amide bonds. The van der Waals surface area contributed by atoms with E-state index >= 15 is 0 Å². The summed E-state index contributed by atoms with van der Waals surface area (Å²) in [6, 6.07) is 7.28. The Labute approximate surface area is 116 Å². The van der Waals surface area contributed by atoms with Gasteiger partial charge in [-0.15, -0.1) is 5.10 Å². The van der Waals surface area contributed by atoms with Crippen molar-refractivity contribution in [1.82, 2.24) is 9.78 Å². The molecule has 0 unspecified atom stereocenters.